The Balaban J connectivity index is 1.46. The van der Waals surface area contributed by atoms with Gasteiger partial charge in [0.1, 0.15) is 17.1 Å². The Morgan fingerprint density at radius 2 is 1.83 bits per heavy atom. The second-order valence-corrected chi connectivity index (χ2v) is 8.53. The van der Waals surface area contributed by atoms with Crippen molar-refractivity contribution in [2.45, 2.75) is 56.7 Å². The van der Waals surface area contributed by atoms with Gasteiger partial charge in [0.05, 0.1) is 7.11 Å². The van der Waals surface area contributed by atoms with Crippen LogP contribution in [0.3, 0.4) is 0 Å². The van der Waals surface area contributed by atoms with Crippen molar-refractivity contribution in [1.82, 2.24) is 5.32 Å². The van der Waals surface area contributed by atoms with Gasteiger partial charge in [-0.3, -0.25) is 0 Å². The summed E-state index contributed by atoms with van der Waals surface area (Å²) in [5, 5.41) is 6.50. The molecule has 150 valence electrons. The first-order valence-electron chi connectivity index (χ1n) is 10.8. The van der Waals surface area contributed by atoms with Gasteiger partial charge in [-0.05, 0) is 60.2 Å². The number of fused-ring (bicyclic) bond motifs is 2. The summed E-state index contributed by atoms with van der Waals surface area (Å²) in [7, 11) is 1.73. The quantitative estimate of drug-likeness (QED) is 0.581. The molecule has 1 fully saturated rings. The van der Waals surface area contributed by atoms with E-state index in [2.05, 4.69) is 59.9 Å². The van der Waals surface area contributed by atoms with Crippen molar-refractivity contribution in [3.63, 3.8) is 0 Å². The monoisotopic (exact) mass is 387 g/mol. The number of hydrogen-bond acceptors (Lipinski definition) is 3. The van der Waals surface area contributed by atoms with Crippen LogP contribution in [0.1, 0.15) is 55.7 Å². The summed E-state index contributed by atoms with van der Waals surface area (Å²) in [6.07, 6.45) is 7.20. The van der Waals surface area contributed by atoms with Crippen molar-refractivity contribution in [1.29, 1.82) is 0 Å². The highest BCUT2D eigenvalue weighted by Gasteiger charge is 2.41. The van der Waals surface area contributed by atoms with Crippen molar-refractivity contribution in [3.05, 3.63) is 71.8 Å². The van der Waals surface area contributed by atoms with Gasteiger partial charge in [0.25, 0.3) is 0 Å². The minimum atomic E-state index is -0.0176. The zero-order valence-electron chi connectivity index (χ0n) is 17.1. The van der Waals surface area contributed by atoms with Gasteiger partial charge in [-0.1, -0.05) is 48.9 Å². The van der Waals surface area contributed by atoms with Crippen molar-refractivity contribution >= 4 is 10.8 Å². The summed E-state index contributed by atoms with van der Waals surface area (Å²) < 4.78 is 12.1. The fourth-order valence-corrected chi connectivity index (χ4v) is 5.14. The first kappa shape index (κ1) is 18.5. The summed E-state index contributed by atoms with van der Waals surface area (Å²) in [6.45, 7) is 0.846. The molecule has 3 aromatic carbocycles. The van der Waals surface area contributed by atoms with Gasteiger partial charge in [-0.25, -0.2) is 0 Å². The number of rotatable bonds is 4. The molecule has 0 bridgehead atoms. The average Bonchev–Trinajstić information content (AvgIpc) is 2.77. The van der Waals surface area contributed by atoms with Crippen LogP contribution in [0.25, 0.3) is 10.8 Å². The summed E-state index contributed by atoms with van der Waals surface area (Å²) in [6, 6.07) is 21.7. The number of benzene rings is 3. The Hall–Kier alpha value is -2.52. The van der Waals surface area contributed by atoms with E-state index in [0.29, 0.717) is 0 Å². The summed E-state index contributed by atoms with van der Waals surface area (Å²) in [4.78, 5) is 0. The van der Waals surface area contributed by atoms with Gasteiger partial charge >= 0.3 is 0 Å². The van der Waals surface area contributed by atoms with Crippen molar-refractivity contribution < 1.29 is 9.47 Å². The van der Waals surface area contributed by atoms with Crippen LogP contribution in [0.4, 0.5) is 0 Å². The molecule has 5 rings (SSSR count). The Labute approximate surface area is 173 Å². The highest BCUT2D eigenvalue weighted by molar-refractivity contribution is 5.85. The van der Waals surface area contributed by atoms with Crippen LogP contribution in [-0.4, -0.2) is 12.7 Å². The Morgan fingerprint density at radius 3 is 2.69 bits per heavy atom. The molecule has 0 saturated heterocycles. The van der Waals surface area contributed by atoms with Crippen molar-refractivity contribution in [2.24, 2.45) is 0 Å². The van der Waals surface area contributed by atoms with E-state index in [1.807, 2.05) is 6.07 Å². The van der Waals surface area contributed by atoms with Crippen LogP contribution in [0, 0.1) is 0 Å². The van der Waals surface area contributed by atoms with Crippen LogP contribution in [0.5, 0.6) is 11.5 Å². The predicted octanol–water partition coefficient (Wildman–Crippen LogP) is 6.16. The molecule has 0 aromatic heterocycles. The molecule has 1 aliphatic carbocycles. The average molecular weight is 388 g/mol. The third-order valence-electron chi connectivity index (χ3n) is 6.68. The lowest BCUT2D eigenvalue weighted by Crippen LogP contribution is -2.45. The molecular weight excluding hydrogens is 358 g/mol. The van der Waals surface area contributed by atoms with Gasteiger partial charge < -0.3 is 14.8 Å². The largest absolute Gasteiger partial charge is 0.497 e. The second-order valence-electron chi connectivity index (χ2n) is 8.53. The molecule has 0 unspecified atom stereocenters. The number of hydrogen-bond donors (Lipinski definition) is 1. The summed E-state index contributed by atoms with van der Waals surface area (Å²) in [5.74, 6) is 1.92. The van der Waals surface area contributed by atoms with E-state index in [-0.39, 0.29) is 11.6 Å². The Kier molecular flexibility index (Phi) is 4.92. The molecule has 1 N–H and O–H groups in total. The van der Waals surface area contributed by atoms with Crippen molar-refractivity contribution in [2.75, 3.05) is 7.11 Å². The minimum Gasteiger partial charge on any atom is -0.497 e. The van der Waals surface area contributed by atoms with E-state index < -0.39 is 0 Å². The number of methoxy groups -OCH3 is 1. The maximum absolute atomic E-state index is 6.62. The first-order valence-corrected chi connectivity index (χ1v) is 10.8. The zero-order chi connectivity index (χ0) is 19.7. The molecule has 3 nitrogen and oxygen atoms in total. The number of nitrogens with one attached hydrogen (secondary N) is 1. The summed E-state index contributed by atoms with van der Waals surface area (Å²) in [5.41, 5.74) is 2.55. The highest BCUT2D eigenvalue weighted by Crippen LogP contribution is 2.47. The van der Waals surface area contributed by atoms with E-state index in [1.165, 1.54) is 41.2 Å². The molecule has 3 heteroatoms. The molecular formula is C26H29NO2. The standard InChI is InChI=1S/C26H29NO2/c1-28-21-12-13-25-23(16-21)24(17-26(29-25)14-5-2-6-15-26)27-18-20-10-7-9-19-8-3-4-11-22(19)20/h3-4,7-13,16,24,27H,2,5-6,14-15,17-18H2,1H3/t24-/m0/s1. The van der Waals surface area contributed by atoms with Crippen LogP contribution in [0.2, 0.25) is 0 Å². The van der Waals surface area contributed by atoms with Crippen molar-refractivity contribution in [3.8, 4) is 11.5 Å². The maximum Gasteiger partial charge on any atom is 0.125 e. The predicted molar refractivity (Wildman–Crippen MR) is 118 cm³/mol. The molecule has 1 aliphatic heterocycles. The lowest BCUT2D eigenvalue weighted by atomic mass is 9.77. The van der Waals surface area contributed by atoms with Crippen LogP contribution in [0.15, 0.2) is 60.7 Å². The van der Waals surface area contributed by atoms with Crippen LogP contribution < -0.4 is 14.8 Å². The molecule has 2 aliphatic rings. The van der Waals surface area contributed by atoms with Gasteiger partial charge in [0.2, 0.25) is 0 Å². The lowest BCUT2D eigenvalue weighted by molar-refractivity contribution is -0.00299. The SMILES string of the molecule is COc1ccc2c(c1)[C@@H](NCc1cccc3ccccc13)CC1(CCCCC1)O2. The van der Waals surface area contributed by atoms with E-state index >= 15 is 0 Å². The fourth-order valence-electron chi connectivity index (χ4n) is 5.14. The molecule has 29 heavy (non-hydrogen) atoms. The normalized spacial score (nSPS) is 20.2. The zero-order valence-corrected chi connectivity index (χ0v) is 17.1. The molecule has 0 amide bonds. The van der Waals surface area contributed by atoms with Gasteiger partial charge in [0, 0.05) is 24.6 Å². The van der Waals surface area contributed by atoms with Gasteiger partial charge in [0.15, 0.2) is 0 Å². The Bertz CT molecular complexity index is 1000. The van der Waals surface area contributed by atoms with Crippen LogP contribution >= 0.6 is 0 Å². The number of ether oxygens (including phenoxy) is 2. The third kappa shape index (κ3) is 3.60. The highest BCUT2D eigenvalue weighted by atomic mass is 16.5. The summed E-state index contributed by atoms with van der Waals surface area (Å²) >= 11 is 0. The van der Waals surface area contributed by atoms with Crippen LogP contribution in [-0.2, 0) is 6.54 Å². The first-order chi connectivity index (χ1) is 14.3. The Morgan fingerprint density at radius 1 is 1.00 bits per heavy atom. The molecule has 1 saturated carbocycles. The fraction of sp³-hybridized carbons (Fsp3) is 0.385. The molecule has 1 atom stereocenters. The smallest absolute Gasteiger partial charge is 0.125 e. The minimum absolute atomic E-state index is 0.0176. The second kappa shape index (κ2) is 7.72. The molecule has 3 aromatic rings. The van der Waals surface area contributed by atoms with E-state index in [1.54, 1.807) is 7.11 Å². The molecule has 1 heterocycles. The third-order valence-corrected chi connectivity index (χ3v) is 6.68. The molecule has 0 radical (unpaired) electrons. The maximum atomic E-state index is 6.62. The van der Waals surface area contributed by atoms with E-state index in [4.69, 9.17) is 9.47 Å². The lowest BCUT2D eigenvalue weighted by Gasteiger charge is -2.45. The van der Waals surface area contributed by atoms with E-state index in [9.17, 15) is 0 Å². The van der Waals surface area contributed by atoms with Gasteiger partial charge in [-0.15, -0.1) is 0 Å². The topological polar surface area (TPSA) is 30.5 Å². The molecule has 1 spiro atoms. The van der Waals surface area contributed by atoms with Gasteiger partial charge in [-0.2, -0.15) is 0 Å². The van der Waals surface area contributed by atoms with E-state index in [0.717, 1.165) is 37.3 Å².